The Bertz CT molecular complexity index is 598. The van der Waals surface area contributed by atoms with E-state index in [0.29, 0.717) is 5.56 Å². The van der Waals surface area contributed by atoms with Crippen molar-refractivity contribution in [1.82, 2.24) is 0 Å². The van der Waals surface area contributed by atoms with Crippen LogP contribution in [0.25, 0.3) is 0 Å². The summed E-state index contributed by atoms with van der Waals surface area (Å²) in [5.74, 6) is -0.858. The largest absolute Gasteiger partial charge is 0.204 e. The van der Waals surface area contributed by atoms with E-state index in [1.807, 2.05) is 0 Å². The van der Waals surface area contributed by atoms with Gasteiger partial charge in [0.1, 0.15) is 0 Å². The van der Waals surface area contributed by atoms with Gasteiger partial charge < -0.3 is 0 Å². The predicted octanol–water partition coefficient (Wildman–Crippen LogP) is 7.93. The highest BCUT2D eigenvalue weighted by molar-refractivity contribution is 5.23. The molecule has 2 saturated carbocycles. The SMILES string of the molecule is CCCC=CCC1CCC(C2CCC(c3cc(F)c(F)c(F)c3)CC2)CC1. The monoisotopic (exact) mass is 378 g/mol. The maximum absolute atomic E-state index is 13.5. The summed E-state index contributed by atoms with van der Waals surface area (Å²) in [6, 6.07) is 2.39. The van der Waals surface area contributed by atoms with Crippen molar-refractivity contribution in [3.63, 3.8) is 0 Å². The fourth-order valence-electron chi connectivity index (χ4n) is 5.20. The third-order valence-corrected chi connectivity index (χ3v) is 6.90. The van der Waals surface area contributed by atoms with Gasteiger partial charge in [0, 0.05) is 0 Å². The molecule has 0 bridgehead atoms. The molecule has 0 heterocycles. The lowest BCUT2D eigenvalue weighted by molar-refractivity contribution is 0.160. The number of unbranched alkanes of at least 4 members (excludes halogenated alkanes) is 1. The van der Waals surface area contributed by atoms with E-state index in [1.54, 1.807) is 0 Å². The molecule has 0 spiro atoms. The number of hydrogen-bond acceptors (Lipinski definition) is 0. The molecule has 0 unspecified atom stereocenters. The molecule has 0 saturated heterocycles. The molecule has 0 aliphatic heterocycles. The van der Waals surface area contributed by atoms with Crippen molar-refractivity contribution in [2.45, 2.75) is 83.5 Å². The zero-order valence-corrected chi connectivity index (χ0v) is 16.5. The normalized spacial score (nSPS) is 29.3. The summed E-state index contributed by atoms with van der Waals surface area (Å²) in [5.41, 5.74) is 0.632. The molecule has 3 heteroatoms. The molecule has 0 atom stereocenters. The lowest BCUT2D eigenvalue weighted by Crippen LogP contribution is -2.25. The fourth-order valence-corrected chi connectivity index (χ4v) is 5.20. The van der Waals surface area contributed by atoms with Crippen molar-refractivity contribution < 1.29 is 13.2 Å². The summed E-state index contributed by atoms with van der Waals surface area (Å²) in [7, 11) is 0. The number of benzene rings is 1. The van der Waals surface area contributed by atoms with Gasteiger partial charge in [0.25, 0.3) is 0 Å². The van der Waals surface area contributed by atoms with Gasteiger partial charge in [0.05, 0.1) is 0 Å². The molecule has 2 aliphatic carbocycles. The number of allylic oxidation sites excluding steroid dienone is 2. The Morgan fingerprint density at radius 3 is 1.93 bits per heavy atom. The molecule has 0 nitrogen and oxygen atoms in total. The van der Waals surface area contributed by atoms with Crippen LogP contribution in [0.4, 0.5) is 13.2 Å². The van der Waals surface area contributed by atoms with Crippen LogP contribution < -0.4 is 0 Å². The first-order valence-corrected chi connectivity index (χ1v) is 10.9. The highest BCUT2D eigenvalue weighted by Crippen LogP contribution is 2.44. The molecular formula is C24H33F3. The molecule has 0 aromatic heterocycles. The van der Waals surface area contributed by atoms with Crippen molar-refractivity contribution >= 4 is 0 Å². The van der Waals surface area contributed by atoms with Crippen LogP contribution in [-0.4, -0.2) is 0 Å². The molecule has 27 heavy (non-hydrogen) atoms. The molecule has 1 aromatic carbocycles. The number of rotatable bonds is 6. The van der Waals surface area contributed by atoms with Crippen LogP contribution in [0.1, 0.15) is 89.0 Å². The zero-order valence-electron chi connectivity index (χ0n) is 16.5. The molecule has 2 aliphatic rings. The van der Waals surface area contributed by atoms with E-state index in [2.05, 4.69) is 19.1 Å². The Morgan fingerprint density at radius 2 is 1.37 bits per heavy atom. The molecule has 150 valence electrons. The summed E-state index contributed by atoms with van der Waals surface area (Å²) >= 11 is 0. The number of halogens is 3. The highest BCUT2D eigenvalue weighted by Gasteiger charge is 2.31. The Kier molecular flexibility index (Phi) is 7.43. The van der Waals surface area contributed by atoms with Crippen molar-refractivity contribution in [2.75, 3.05) is 0 Å². The lowest BCUT2D eigenvalue weighted by Gasteiger charge is -2.38. The minimum atomic E-state index is -1.35. The van der Waals surface area contributed by atoms with E-state index >= 15 is 0 Å². The maximum atomic E-state index is 13.5. The fraction of sp³-hybridized carbons (Fsp3) is 0.667. The Balaban J connectivity index is 1.45. The molecule has 0 amide bonds. The van der Waals surface area contributed by atoms with E-state index in [1.165, 1.54) is 57.1 Å². The van der Waals surface area contributed by atoms with Crippen molar-refractivity contribution in [3.8, 4) is 0 Å². The Morgan fingerprint density at radius 1 is 0.815 bits per heavy atom. The smallest absolute Gasteiger partial charge is 0.194 e. The van der Waals surface area contributed by atoms with Gasteiger partial charge in [-0.05, 0) is 106 Å². The van der Waals surface area contributed by atoms with Gasteiger partial charge in [-0.25, -0.2) is 13.2 Å². The first-order valence-electron chi connectivity index (χ1n) is 10.9. The first-order chi connectivity index (χ1) is 13.1. The van der Waals surface area contributed by atoms with Crippen LogP contribution >= 0.6 is 0 Å². The van der Waals surface area contributed by atoms with Crippen molar-refractivity contribution in [3.05, 3.63) is 47.3 Å². The Labute approximate surface area is 162 Å². The molecule has 0 N–H and O–H groups in total. The van der Waals surface area contributed by atoms with Crippen molar-refractivity contribution in [2.24, 2.45) is 17.8 Å². The van der Waals surface area contributed by atoms with Crippen molar-refractivity contribution in [1.29, 1.82) is 0 Å². The number of hydrogen-bond donors (Lipinski definition) is 0. The molecule has 0 radical (unpaired) electrons. The average molecular weight is 379 g/mol. The summed E-state index contributed by atoms with van der Waals surface area (Å²) in [5, 5.41) is 0. The molecule has 3 rings (SSSR count). The molecular weight excluding hydrogens is 345 g/mol. The van der Waals surface area contributed by atoms with Crippen LogP contribution in [0.5, 0.6) is 0 Å². The third kappa shape index (κ3) is 5.39. The van der Waals surface area contributed by atoms with Gasteiger partial charge in [-0.3, -0.25) is 0 Å². The third-order valence-electron chi connectivity index (χ3n) is 6.90. The van der Waals surface area contributed by atoms with E-state index < -0.39 is 17.5 Å². The zero-order chi connectivity index (χ0) is 19.2. The maximum Gasteiger partial charge on any atom is 0.194 e. The lowest BCUT2D eigenvalue weighted by atomic mass is 9.68. The topological polar surface area (TPSA) is 0 Å². The van der Waals surface area contributed by atoms with Gasteiger partial charge in [-0.2, -0.15) is 0 Å². The summed E-state index contributed by atoms with van der Waals surface area (Å²) in [4.78, 5) is 0. The van der Waals surface area contributed by atoms with Gasteiger partial charge in [0.2, 0.25) is 0 Å². The van der Waals surface area contributed by atoms with Gasteiger partial charge in [-0.1, -0.05) is 25.5 Å². The van der Waals surface area contributed by atoms with Gasteiger partial charge in [-0.15, -0.1) is 0 Å². The van der Waals surface area contributed by atoms with Crippen LogP contribution in [0, 0.1) is 35.2 Å². The second kappa shape index (κ2) is 9.80. The van der Waals surface area contributed by atoms with E-state index in [4.69, 9.17) is 0 Å². The quantitative estimate of drug-likeness (QED) is 0.348. The summed E-state index contributed by atoms with van der Waals surface area (Å²) in [6.07, 6.45) is 17.9. The standard InChI is InChI=1S/C24H33F3/c1-2-3-4-5-6-17-7-9-18(10-8-17)19-11-13-20(14-12-19)21-15-22(25)24(27)23(26)16-21/h4-5,15-20H,2-3,6-14H2,1H3. The predicted molar refractivity (Wildman–Crippen MR) is 105 cm³/mol. The van der Waals surface area contributed by atoms with Crippen LogP contribution in [0.2, 0.25) is 0 Å². The first kappa shape index (κ1) is 20.5. The average Bonchev–Trinajstić information content (AvgIpc) is 2.70. The van der Waals surface area contributed by atoms with E-state index in [0.717, 1.165) is 43.4 Å². The molecule has 2 fully saturated rings. The van der Waals surface area contributed by atoms with Crippen LogP contribution in [0.15, 0.2) is 24.3 Å². The van der Waals surface area contributed by atoms with Crippen LogP contribution in [0.3, 0.4) is 0 Å². The van der Waals surface area contributed by atoms with E-state index in [-0.39, 0.29) is 5.92 Å². The van der Waals surface area contributed by atoms with E-state index in [9.17, 15) is 13.2 Å². The second-order valence-electron chi connectivity index (χ2n) is 8.69. The molecule has 1 aromatic rings. The van der Waals surface area contributed by atoms with Gasteiger partial charge >= 0.3 is 0 Å². The second-order valence-corrected chi connectivity index (χ2v) is 8.69. The summed E-state index contributed by atoms with van der Waals surface area (Å²) < 4.78 is 40.2. The minimum absolute atomic E-state index is 0.172. The van der Waals surface area contributed by atoms with Gasteiger partial charge in [0.15, 0.2) is 17.5 Å². The van der Waals surface area contributed by atoms with Crippen LogP contribution in [-0.2, 0) is 0 Å². The Hall–Kier alpha value is -1.25. The highest BCUT2D eigenvalue weighted by atomic mass is 19.2. The summed E-state index contributed by atoms with van der Waals surface area (Å²) in [6.45, 7) is 2.22. The minimum Gasteiger partial charge on any atom is -0.204 e.